The Bertz CT molecular complexity index is 693. The molecule has 0 bridgehead atoms. The molecule has 0 amide bonds. The molecule has 0 fully saturated rings. The highest BCUT2D eigenvalue weighted by molar-refractivity contribution is 4.84. The number of imidazole rings is 1. The van der Waals surface area contributed by atoms with Crippen LogP contribution in [-0.2, 0) is 19.5 Å². The molecule has 0 N–H and O–H groups in total. The van der Waals surface area contributed by atoms with Gasteiger partial charge in [-0.2, -0.15) is 0 Å². The zero-order valence-corrected chi connectivity index (χ0v) is 33.8. The third-order valence-corrected chi connectivity index (χ3v) is 11.1. The van der Waals surface area contributed by atoms with Crippen LogP contribution < -0.4 is 4.57 Å². The molecule has 0 aromatic carbocycles. The SMILES string of the molecule is CCCCCCCCCCCCCCCCCc1n(CCCCCCCCCCCCC)cc[n+]1CCCCCCCCCCCCC. The summed E-state index contributed by atoms with van der Waals surface area (Å²) in [4.78, 5) is 0. The molecule has 0 aliphatic rings. The van der Waals surface area contributed by atoms with Crippen LogP contribution in [0.3, 0.4) is 0 Å². The van der Waals surface area contributed by atoms with Gasteiger partial charge in [0.2, 0.25) is 0 Å². The highest BCUT2D eigenvalue weighted by Gasteiger charge is 2.16. The Kier molecular flexibility index (Phi) is 35.3. The highest BCUT2D eigenvalue weighted by Crippen LogP contribution is 2.16. The summed E-state index contributed by atoms with van der Waals surface area (Å²) >= 11 is 0. The summed E-state index contributed by atoms with van der Waals surface area (Å²) in [6.07, 6.45) is 59.3. The maximum absolute atomic E-state index is 2.65. The van der Waals surface area contributed by atoms with Gasteiger partial charge in [-0.3, -0.25) is 0 Å². The predicted octanol–water partition coefficient (Wildman–Crippen LogP) is 15.8. The Morgan fingerprint density at radius 2 is 0.646 bits per heavy atom. The number of rotatable bonds is 40. The molecule has 0 atom stereocenters. The van der Waals surface area contributed by atoms with E-state index in [4.69, 9.17) is 0 Å². The molecule has 1 heterocycles. The summed E-state index contributed by atoms with van der Waals surface area (Å²) in [6, 6.07) is 0. The van der Waals surface area contributed by atoms with Crippen molar-refractivity contribution in [1.82, 2.24) is 4.57 Å². The third-order valence-electron chi connectivity index (χ3n) is 11.1. The minimum absolute atomic E-state index is 1.23. The molecule has 1 rings (SSSR count). The lowest BCUT2D eigenvalue weighted by molar-refractivity contribution is -0.704. The maximum atomic E-state index is 2.65. The minimum atomic E-state index is 1.23. The Morgan fingerprint density at radius 1 is 0.354 bits per heavy atom. The first-order chi connectivity index (χ1) is 23.8. The molecule has 1 aromatic heterocycles. The van der Waals surface area contributed by atoms with Crippen molar-refractivity contribution in [3.05, 3.63) is 18.2 Å². The minimum Gasteiger partial charge on any atom is -0.234 e. The van der Waals surface area contributed by atoms with Gasteiger partial charge in [-0.25, -0.2) is 9.13 Å². The molecule has 0 aliphatic heterocycles. The van der Waals surface area contributed by atoms with Gasteiger partial charge < -0.3 is 0 Å². The first kappa shape index (κ1) is 45.2. The molecule has 48 heavy (non-hydrogen) atoms. The van der Waals surface area contributed by atoms with Gasteiger partial charge in [0, 0.05) is 6.42 Å². The van der Waals surface area contributed by atoms with Gasteiger partial charge in [0.25, 0.3) is 5.82 Å². The second-order valence-corrected chi connectivity index (χ2v) is 15.9. The fourth-order valence-corrected chi connectivity index (χ4v) is 7.74. The molecule has 2 nitrogen and oxygen atoms in total. The van der Waals surface area contributed by atoms with E-state index in [1.54, 1.807) is 5.82 Å². The summed E-state index contributed by atoms with van der Waals surface area (Å²) < 4.78 is 5.30. The van der Waals surface area contributed by atoms with E-state index in [2.05, 4.69) is 42.3 Å². The standard InChI is InChI=1S/C46H91N2/c1-4-7-10-13-16-19-22-23-24-25-26-29-32-35-38-41-46-47(42-39-36-33-30-27-20-17-14-11-8-5-2)44-45-48(46)43-40-37-34-31-28-21-18-15-12-9-6-3/h44-45H,4-43H2,1-3H3/q+1. The van der Waals surface area contributed by atoms with E-state index in [0.29, 0.717) is 0 Å². The second-order valence-electron chi connectivity index (χ2n) is 15.9. The molecule has 0 spiro atoms. The van der Waals surface area contributed by atoms with Crippen LogP contribution in [-0.4, -0.2) is 4.57 Å². The van der Waals surface area contributed by atoms with Gasteiger partial charge >= 0.3 is 0 Å². The average Bonchev–Trinajstić information content (AvgIpc) is 3.48. The summed E-state index contributed by atoms with van der Waals surface area (Å²) in [6.45, 7) is 9.41. The van der Waals surface area contributed by atoms with E-state index < -0.39 is 0 Å². The molecule has 0 saturated carbocycles. The number of aryl methyl sites for hydroxylation is 2. The Morgan fingerprint density at radius 3 is 1.00 bits per heavy atom. The lowest BCUT2D eigenvalue weighted by Crippen LogP contribution is -2.37. The van der Waals surface area contributed by atoms with E-state index in [1.807, 2.05) is 0 Å². The van der Waals surface area contributed by atoms with Crippen LogP contribution in [0, 0.1) is 0 Å². The van der Waals surface area contributed by atoms with Gasteiger partial charge in [0.15, 0.2) is 0 Å². The first-order valence-electron chi connectivity index (χ1n) is 22.9. The van der Waals surface area contributed by atoms with Crippen LogP contribution in [0.4, 0.5) is 0 Å². The van der Waals surface area contributed by atoms with Crippen LogP contribution in [0.15, 0.2) is 12.4 Å². The Balaban J connectivity index is 2.27. The number of hydrogen-bond acceptors (Lipinski definition) is 0. The lowest BCUT2D eigenvalue weighted by Gasteiger charge is -2.07. The monoisotopic (exact) mass is 672 g/mol. The van der Waals surface area contributed by atoms with E-state index in [9.17, 15) is 0 Å². The smallest absolute Gasteiger partial charge is 0.234 e. The number of nitrogens with zero attached hydrogens (tertiary/aromatic N) is 2. The molecule has 0 unspecified atom stereocenters. The zero-order valence-electron chi connectivity index (χ0n) is 33.8. The van der Waals surface area contributed by atoms with Crippen LogP contribution in [0.2, 0.25) is 0 Å². The average molecular weight is 672 g/mol. The topological polar surface area (TPSA) is 8.81 Å². The summed E-state index contributed by atoms with van der Waals surface area (Å²) in [7, 11) is 0. The van der Waals surface area contributed by atoms with Crippen molar-refractivity contribution in [2.75, 3.05) is 0 Å². The van der Waals surface area contributed by atoms with E-state index in [1.165, 1.54) is 257 Å². The number of aromatic nitrogens is 2. The fourth-order valence-electron chi connectivity index (χ4n) is 7.74. The van der Waals surface area contributed by atoms with Crippen LogP contribution in [0.1, 0.15) is 264 Å². The van der Waals surface area contributed by atoms with Gasteiger partial charge in [0.1, 0.15) is 12.4 Å². The number of hydrogen-bond donors (Lipinski definition) is 0. The van der Waals surface area contributed by atoms with Crippen molar-refractivity contribution in [2.45, 2.75) is 278 Å². The van der Waals surface area contributed by atoms with Gasteiger partial charge in [0.05, 0.1) is 13.1 Å². The zero-order chi connectivity index (χ0) is 34.4. The fraction of sp³-hybridized carbons (Fsp3) is 0.935. The van der Waals surface area contributed by atoms with Gasteiger partial charge in [-0.15, -0.1) is 0 Å². The highest BCUT2D eigenvalue weighted by atomic mass is 15.1. The van der Waals surface area contributed by atoms with E-state index in [-0.39, 0.29) is 0 Å². The molecule has 2 heteroatoms. The van der Waals surface area contributed by atoms with E-state index in [0.717, 1.165) is 0 Å². The van der Waals surface area contributed by atoms with Crippen molar-refractivity contribution in [1.29, 1.82) is 0 Å². The maximum Gasteiger partial charge on any atom is 0.256 e. The molecule has 0 radical (unpaired) electrons. The van der Waals surface area contributed by atoms with Crippen LogP contribution >= 0.6 is 0 Å². The van der Waals surface area contributed by atoms with Crippen molar-refractivity contribution in [2.24, 2.45) is 0 Å². The summed E-state index contributed by atoms with van der Waals surface area (Å²) in [5.74, 6) is 1.63. The predicted molar refractivity (Wildman–Crippen MR) is 216 cm³/mol. The van der Waals surface area contributed by atoms with E-state index >= 15 is 0 Å². The van der Waals surface area contributed by atoms with Crippen LogP contribution in [0.25, 0.3) is 0 Å². The molecular weight excluding hydrogens is 581 g/mol. The molecule has 0 aliphatic carbocycles. The largest absolute Gasteiger partial charge is 0.256 e. The lowest BCUT2D eigenvalue weighted by atomic mass is 10.0. The Hall–Kier alpha value is -0.790. The van der Waals surface area contributed by atoms with Crippen molar-refractivity contribution >= 4 is 0 Å². The molecule has 1 aromatic rings. The Labute approximate surface area is 304 Å². The van der Waals surface area contributed by atoms with Gasteiger partial charge in [-0.1, -0.05) is 226 Å². The first-order valence-corrected chi connectivity index (χ1v) is 22.9. The normalized spacial score (nSPS) is 11.6. The van der Waals surface area contributed by atoms with Crippen molar-refractivity contribution in [3.63, 3.8) is 0 Å². The van der Waals surface area contributed by atoms with Crippen LogP contribution in [0.5, 0.6) is 0 Å². The second kappa shape index (κ2) is 37.5. The summed E-state index contributed by atoms with van der Waals surface area (Å²) in [5.41, 5.74) is 0. The quantitative estimate of drug-likeness (QED) is 0.0485. The molecule has 0 saturated heterocycles. The van der Waals surface area contributed by atoms with Crippen molar-refractivity contribution in [3.8, 4) is 0 Å². The van der Waals surface area contributed by atoms with Crippen molar-refractivity contribution < 1.29 is 4.57 Å². The van der Waals surface area contributed by atoms with Gasteiger partial charge in [-0.05, 0) is 32.1 Å². The molecule has 284 valence electrons. The third kappa shape index (κ3) is 29.0. The number of unbranched alkanes of at least 4 members (excludes halogenated alkanes) is 34. The molecular formula is C46H91N2+. The summed E-state index contributed by atoms with van der Waals surface area (Å²) in [5, 5.41) is 0.